The smallest absolute Gasteiger partial charge is 0.409 e. The Labute approximate surface area is 203 Å². The Kier molecular flexibility index (Phi) is 5.99. The third-order valence-corrected chi connectivity index (χ3v) is 6.70. The van der Waals surface area contributed by atoms with Crippen molar-refractivity contribution < 1.29 is 19.4 Å². The minimum Gasteiger partial charge on any atom is -0.478 e. The van der Waals surface area contributed by atoms with Crippen LogP contribution in [-0.4, -0.2) is 45.3 Å². The van der Waals surface area contributed by atoms with Gasteiger partial charge in [0.25, 0.3) is 0 Å². The number of rotatable bonds is 5. The SMILES string of the molecule is COC(=O)N1CCc2ccc3c(nc(-c4ccc(C(=O)O)cc4)n3[C@@H](C)Cc3ccccc3)c2C1. The molecule has 178 valence electrons. The van der Waals surface area contributed by atoms with Crippen LogP contribution in [0.15, 0.2) is 66.7 Å². The molecule has 5 rings (SSSR count). The molecule has 1 amide bonds. The van der Waals surface area contributed by atoms with Crippen LogP contribution in [0.5, 0.6) is 0 Å². The number of carbonyl (C=O) groups excluding carboxylic acids is 1. The number of imidazole rings is 1. The van der Waals surface area contributed by atoms with E-state index >= 15 is 0 Å². The van der Waals surface area contributed by atoms with Crippen LogP contribution in [0.1, 0.15) is 40.0 Å². The standard InChI is InChI=1S/C28H27N3O4/c1-18(16-19-6-4-3-5-7-19)31-24-13-12-20-14-15-30(28(34)35-2)17-23(20)25(24)29-26(31)21-8-10-22(11-9-21)27(32)33/h3-13,18H,14-17H2,1-2H3,(H,32,33)/t18-/m0/s1. The normalized spacial score (nSPS) is 13.9. The number of amides is 1. The lowest BCUT2D eigenvalue weighted by molar-refractivity contribution is 0.0696. The van der Waals surface area contributed by atoms with E-state index in [9.17, 15) is 14.7 Å². The lowest BCUT2D eigenvalue weighted by Gasteiger charge is -2.28. The van der Waals surface area contributed by atoms with Crippen molar-refractivity contribution in [1.29, 1.82) is 0 Å². The molecule has 1 aliphatic heterocycles. The molecule has 4 aromatic rings. The van der Waals surface area contributed by atoms with E-state index in [0.717, 1.165) is 40.8 Å². The number of ether oxygens (including phenoxy) is 1. The molecule has 0 saturated carbocycles. The fourth-order valence-electron chi connectivity index (χ4n) is 4.94. The molecular weight excluding hydrogens is 442 g/mol. The average molecular weight is 470 g/mol. The van der Waals surface area contributed by atoms with Crippen LogP contribution in [0.4, 0.5) is 4.79 Å². The number of benzene rings is 3. The number of nitrogens with zero attached hydrogens (tertiary/aromatic N) is 3. The first kappa shape index (κ1) is 22.7. The van der Waals surface area contributed by atoms with Gasteiger partial charge < -0.3 is 19.3 Å². The van der Waals surface area contributed by atoms with Gasteiger partial charge in [-0.25, -0.2) is 14.6 Å². The molecule has 7 nitrogen and oxygen atoms in total. The number of fused-ring (bicyclic) bond motifs is 3. The molecule has 0 saturated heterocycles. The summed E-state index contributed by atoms with van der Waals surface area (Å²) in [6.07, 6.45) is 1.22. The summed E-state index contributed by atoms with van der Waals surface area (Å²) < 4.78 is 7.20. The zero-order valence-electron chi connectivity index (χ0n) is 19.8. The monoisotopic (exact) mass is 469 g/mol. The number of carboxylic acids is 1. The first-order valence-electron chi connectivity index (χ1n) is 11.7. The molecule has 1 N–H and O–H groups in total. The summed E-state index contributed by atoms with van der Waals surface area (Å²) in [6, 6.07) is 21.5. The first-order chi connectivity index (χ1) is 17.0. The molecule has 1 aliphatic rings. The van der Waals surface area contributed by atoms with E-state index < -0.39 is 5.97 Å². The Balaban J connectivity index is 1.65. The highest BCUT2D eigenvalue weighted by Gasteiger charge is 2.27. The van der Waals surface area contributed by atoms with Gasteiger partial charge in [0.2, 0.25) is 0 Å². The number of hydrogen-bond donors (Lipinski definition) is 1. The third-order valence-electron chi connectivity index (χ3n) is 6.70. The van der Waals surface area contributed by atoms with Gasteiger partial charge in [-0.2, -0.15) is 0 Å². The largest absolute Gasteiger partial charge is 0.478 e. The fraction of sp³-hybridized carbons (Fsp3) is 0.250. The van der Waals surface area contributed by atoms with Crippen LogP contribution < -0.4 is 0 Å². The van der Waals surface area contributed by atoms with Crippen LogP contribution >= 0.6 is 0 Å². The number of aromatic nitrogens is 2. The summed E-state index contributed by atoms with van der Waals surface area (Å²) in [4.78, 5) is 30.4. The van der Waals surface area contributed by atoms with E-state index in [1.54, 1.807) is 17.0 Å². The van der Waals surface area contributed by atoms with Crippen molar-refractivity contribution in [3.8, 4) is 11.4 Å². The summed E-state index contributed by atoms with van der Waals surface area (Å²) >= 11 is 0. The van der Waals surface area contributed by atoms with Crippen LogP contribution in [0.25, 0.3) is 22.4 Å². The molecule has 0 aliphatic carbocycles. The Morgan fingerprint density at radius 3 is 2.49 bits per heavy atom. The molecule has 0 radical (unpaired) electrons. The van der Waals surface area contributed by atoms with Gasteiger partial charge in [-0.15, -0.1) is 0 Å². The second kappa shape index (κ2) is 9.25. The van der Waals surface area contributed by atoms with E-state index in [1.807, 2.05) is 30.3 Å². The van der Waals surface area contributed by atoms with Gasteiger partial charge in [-0.1, -0.05) is 48.5 Å². The van der Waals surface area contributed by atoms with E-state index in [4.69, 9.17) is 9.72 Å². The summed E-state index contributed by atoms with van der Waals surface area (Å²) in [6.45, 7) is 3.23. The predicted molar refractivity (Wildman–Crippen MR) is 134 cm³/mol. The van der Waals surface area contributed by atoms with Gasteiger partial charge in [-0.05, 0) is 49.1 Å². The summed E-state index contributed by atoms with van der Waals surface area (Å²) in [5, 5.41) is 9.33. The third kappa shape index (κ3) is 4.25. The molecular formula is C28H27N3O4. The van der Waals surface area contributed by atoms with E-state index in [2.05, 4.69) is 35.8 Å². The molecule has 2 heterocycles. The van der Waals surface area contributed by atoms with Crippen molar-refractivity contribution in [3.05, 3.63) is 89.0 Å². The van der Waals surface area contributed by atoms with Gasteiger partial charge in [0.1, 0.15) is 5.82 Å². The topological polar surface area (TPSA) is 84.7 Å². The van der Waals surface area contributed by atoms with Crippen molar-refractivity contribution in [2.75, 3.05) is 13.7 Å². The lowest BCUT2D eigenvalue weighted by Crippen LogP contribution is -2.35. The lowest BCUT2D eigenvalue weighted by atomic mass is 9.98. The van der Waals surface area contributed by atoms with Crippen LogP contribution in [0.3, 0.4) is 0 Å². The summed E-state index contributed by atoms with van der Waals surface area (Å²) in [7, 11) is 1.40. The number of carbonyl (C=O) groups is 2. The Morgan fingerprint density at radius 1 is 1.06 bits per heavy atom. The second-order valence-corrected chi connectivity index (χ2v) is 8.94. The maximum absolute atomic E-state index is 12.2. The van der Waals surface area contributed by atoms with Crippen molar-refractivity contribution in [1.82, 2.24) is 14.5 Å². The Bertz CT molecular complexity index is 1390. The predicted octanol–water partition coefficient (Wildman–Crippen LogP) is 5.33. The quantitative estimate of drug-likeness (QED) is 0.427. The highest BCUT2D eigenvalue weighted by atomic mass is 16.5. The van der Waals surface area contributed by atoms with Gasteiger partial charge in [0.15, 0.2) is 0 Å². The molecule has 3 aromatic carbocycles. The maximum Gasteiger partial charge on any atom is 0.409 e. The van der Waals surface area contributed by atoms with Crippen molar-refractivity contribution in [3.63, 3.8) is 0 Å². The molecule has 0 unspecified atom stereocenters. The first-order valence-corrected chi connectivity index (χ1v) is 11.7. The minimum atomic E-state index is -0.959. The van der Waals surface area contributed by atoms with E-state index in [1.165, 1.54) is 18.2 Å². The number of methoxy groups -OCH3 is 1. The van der Waals surface area contributed by atoms with Gasteiger partial charge >= 0.3 is 12.1 Å². The second-order valence-electron chi connectivity index (χ2n) is 8.94. The molecule has 1 aromatic heterocycles. The molecule has 7 heteroatoms. The zero-order valence-corrected chi connectivity index (χ0v) is 19.8. The Hall–Kier alpha value is -4.13. The Morgan fingerprint density at radius 2 is 1.80 bits per heavy atom. The van der Waals surface area contributed by atoms with Gasteiger partial charge in [-0.3, -0.25) is 0 Å². The molecule has 35 heavy (non-hydrogen) atoms. The highest BCUT2D eigenvalue weighted by molar-refractivity contribution is 5.89. The summed E-state index contributed by atoms with van der Waals surface area (Å²) in [5.74, 6) is -0.177. The molecule has 1 atom stereocenters. The maximum atomic E-state index is 12.2. The van der Waals surface area contributed by atoms with Crippen LogP contribution in [0, 0.1) is 0 Å². The number of hydrogen-bond acceptors (Lipinski definition) is 4. The van der Waals surface area contributed by atoms with Gasteiger partial charge in [0.05, 0.1) is 30.3 Å². The van der Waals surface area contributed by atoms with Crippen LogP contribution in [0.2, 0.25) is 0 Å². The van der Waals surface area contributed by atoms with Crippen LogP contribution in [-0.2, 0) is 24.1 Å². The van der Waals surface area contributed by atoms with Crippen molar-refractivity contribution >= 4 is 23.1 Å². The van der Waals surface area contributed by atoms with Crippen molar-refractivity contribution in [2.24, 2.45) is 0 Å². The minimum absolute atomic E-state index is 0.0925. The van der Waals surface area contributed by atoms with Crippen molar-refractivity contribution in [2.45, 2.75) is 32.4 Å². The average Bonchev–Trinajstić information content (AvgIpc) is 3.29. The van der Waals surface area contributed by atoms with E-state index in [0.29, 0.717) is 13.1 Å². The zero-order chi connectivity index (χ0) is 24.5. The summed E-state index contributed by atoms with van der Waals surface area (Å²) in [5.41, 5.74) is 6.40. The number of carboxylic acid groups (broad SMARTS) is 1. The highest BCUT2D eigenvalue weighted by Crippen LogP contribution is 2.35. The van der Waals surface area contributed by atoms with Gasteiger partial charge in [0, 0.05) is 23.7 Å². The van der Waals surface area contributed by atoms with E-state index in [-0.39, 0.29) is 17.7 Å². The number of aromatic carboxylic acids is 1. The molecule has 0 fully saturated rings. The fourth-order valence-corrected chi connectivity index (χ4v) is 4.94. The molecule has 0 bridgehead atoms. The molecule has 0 spiro atoms.